The topological polar surface area (TPSA) is 52.7 Å². The number of carbonyl (C=O) groups excluding carboxylic acids is 2. The van der Waals surface area contributed by atoms with Gasteiger partial charge in [-0.15, -0.1) is 0 Å². The summed E-state index contributed by atoms with van der Waals surface area (Å²) in [6, 6.07) is 0.255. The summed E-state index contributed by atoms with van der Waals surface area (Å²) < 4.78 is 0. The number of nitrogens with one attached hydrogen (secondary N) is 1. The van der Waals surface area contributed by atoms with E-state index >= 15 is 0 Å². The molecule has 1 heterocycles. The summed E-state index contributed by atoms with van der Waals surface area (Å²) in [6.45, 7) is 4.50. The molecule has 0 spiro atoms. The first-order valence-corrected chi connectivity index (χ1v) is 9.67. The smallest absolute Gasteiger partial charge is 0.225 e. The third-order valence-corrected chi connectivity index (χ3v) is 6.42. The van der Waals surface area contributed by atoms with Gasteiger partial charge in [-0.05, 0) is 71.0 Å². The minimum absolute atomic E-state index is 0.0914. The largest absolute Gasteiger partial charge is 0.353 e. The number of carbonyl (C=O) groups is 2. The Morgan fingerprint density at radius 1 is 1.33 bits per heavy atom. The number of hydrogen-bond acceptors (Lipinski definition) is 3. The first-order chi connectivity index (χ1) is 11.4. The molecule has 5 atom stereocenters. The highest BCUT2D eigenvalue weighted by molar-refractivity contribution is 5.89. The summed E-state index contributed by atoms with van der Waals surface area (Å²) >= 11 is 0. The quantitative estimate of drug-likeness (QED) is 0.771. The lowest BCUT2D eigenvalue weighted by Crippen LogP contribution is -2.43. The summed E-state index contributed by atoms with van der Waals surface area (Å²) in [6.07, 6.45) is 6.74. The van der Waals surface area contributed by atoms with Crippen molar-refractivity contribution >= 4 is 11.8 Å². The monoisotopic (exact) mass is 335 g/mol. The van der Waals surface area contributed by atoms with E-state index in [1.54, 1.807) is 0 Å². The molecule has 136 valence electrons. The van der Waals surface area contributed by atoms with Crippen LogP contribution in [0.3, 0.4) is 0 Å². The molecule has 0 aromatic carbocycles. The van der Waals surface area contributed by atoms with E-state index < -0.39 is 0 Å². The SMILES string of the molecule is CC(NC(=O)C1CC(=O)N(CCCN(C)C)C1)C1CC2CCC1C2. The molecule has 0 aromatic rings. The summed E-state index contributed by atoms with van der Waals surface area (Å²) in [7, 11) is 4.08. The highest BCUT2D eigenvalue weighted by Gasteiger charge is 2.43. The lowest BCUT2D eigenvalue weighted by molar-refractivity contribution is -0.129. The molecule has 3 fully saturated rings. The fourth-order valence-corrected chi connectivity index (χ4v) is 5.10. The Labute approximate surface area is 146 Å². The maximum absolute atomic E-state index is 12.6. The molecule has 5 nitrogen and oxygen atoms in total. The summed E-state index contributed by atoms with van der Waals surface area (Å²) in [5.41, 5.74) is 0. The molecule has 3 aliphatic rings. The van der Waals surface area contributed by atoms with Gasteiger partial charge < -0.3 is 15.1 Å². The zero-order valence-electron chi connectivity index (χ0n) is 15.5. The van der Waals surface area contributed by atoms with Crippen LogP contribution in [0, 0.1) is 23.7 Å². The third-order valence-electron chi connectivity index (χ3n) is 6.42. The minimum Gasteiger partial charge on any atom is -0.353 e. The second kappa shape index (κ2) is 7.42. The summed E-state index contributed by atoms with van der Waals surface area (Å²) in [5, 5.41) is 3.24. The summed E-state index contributed by atoms with van der Waals surface area (Å²) in [4.78, 5) is 28.7. The highest BCUT2D eigenvalue weighted by atomic mass is 16.2. The molecule has 5 unspecified atom stereocenters. The molecule has 5 heteroatoms. The van der Waals surface area contributed by atoms with Crippen molar-refractivity contribution in [1.82, 2.24) is 15.1 Å². The molecule has 2 saturated carbocycles. The van der Waals surface area contributed by atoms with E-state index in [9.17, 15) is 9.59 Å². The normalized spacial score (nSPS) is 33.5. The zero-order valence-corrected chi connectivity index (χ0v) is 15.5. The van der Waals surface area contributed by atoms with Crippen molar-refractivity contribution in [2.24, 2.45) is 23.7 Å². The van der Waals surface area contributed by atoms with E-state index in [-0.39, 0.29) is 23.8 Å². The maximum atomic E-state index is 12.6. The van der Waals surface area contributed by atoms with Crippen LogP contribution in [-0.2, 0) is 9.59 Å². The molecule has 1 aliphatic heterocycles. The molecular formula is C19H33N3O2. The Morgan fingerprint density at radius 2 is 2.12 bits per heavy atom. The van der Waals surface area contributed by atoms with Crippen LogP contribution in [0.25, 0.3) is 0 Å². The van der Waals surface area contributed by atoms with Gasteiger partial charge in [0.2, 0.25) is 11.8 Å². The number of hydrogen-bond donors (Lipinski definition) is 1. The van der Waals surface area contributed by atoms with Gasteiger partial charge in [-0.25, -0.2) is 0 Å². The van der Waals surface area contributed by atoms with Gasteiger partial charge in [0.25, 0.3) is 0 Å². The molecule has 24 heavy (non-hydrogen) atoms. The standard InChI is InChI=1S/C19H33N3O2/c1-13(17-10-14-5-6-15(17)9-14)20-19(24)16-11-18(23)22(12-16)8-4-7-21(2)3/h13-17H,4-12H2,1-3H3,(H,20,24). The van der Waals surface area contributed by atoms with Crippen LogP contribution in [0.1, 0.15) is 45.4 Å². The van der Waals surface area contributed by atoms with E-state index in [0.29, 0.717) is 18.9 Å². The Balaban J connectivity index is 1.44. The van der Waals surface area contributed by atoms with E-state index in [1.807, 2.05) is 19.0 Å². The lowest BCUT2D eigenvalue weighted by Gasteiger charge is -2.29. The molecule has 0 aromatic heterocycles. The predicted molar refractivity (Wildman–Crippen MR) is 94.4 cm³/mol. The number of fused-ring (bicyclic) bond motifs is 2. The van der Waals surface area contributed by atoms with Gasteiger partial charge in [0.1, 0.15) is 0 Å². The van der Waals surface area contributed by atoms with E-state index in [2.05, 4.69) is 17.1 Å². The average Bonchev–Trinajstić information content (AvgIpc) is 3.22. The Kier molecular flexibility index (Phi) is 5.48. The zero-order chi connectivity index (χ0) is 17.3. The fraction of sp³-hybridized carbons (Fsp3) is 0.895. The number of rotatable bonds is 7. The van der Waals surface area contributed by atoms with Crippen LogP contribution in [0.2, 0.25) is 0 Å². The van der Waals surface area contributed by atoms with E-state index in [0.717, 1.165) is 31.3 Å². The van der Waals surface area contributed by atoms with Crippen molar-refractivity contribution in [3.05, 3.63) is 0 Å². The van der Waals surface area contributed by atoms with Crippen molar-refractivity contribution in [2.45, 2.75) is 51.5 Å². The Morgan fingerprint density at radius 3 is 2.75 bits per heavy atom. The Hall–Kier alpha value is -1.10. The van der Waals surface area contributed by atoms with Crippen LogP contribution < -0.4 is 5.32 Å². The van der Waals surface area contributed by atoms with E-state index in [4.69, 9.17) is 0 Å². The van der Waals surface area contributed by atoms with Gasteiger partial charge in [-0.1, -0.05) is 6.42 Å². The molecule has 2 amide bonds. The predicted octanol–water partition coefficient (Wildman–Crippen LogP) is 1.73. The van der Waals surface area contributed by atoms with Gasteiger partial charge in [0.15, 0.2) is 0 Å². The van der Waals surface area contributed by atoms with Crippen molar-refractivity contribution in [3.8, 4) is 0 Å². The van der Waals surface area contributed by atoms with Gasteiger partial charge in [-0.2, -0.15) is 0 Å². The van der Waals surface area contributed by atoms with Crippen LogP contribution in [-0.4, -0.2) is 61.4 Å². The molecule has 3 rings (SSSR count). The van der Waals surface area contributed by atoms with Crippen molar-refractivity contribution < 1.29 is 9.59 Å². The Bertz CT molecular complexity index is 479. The van der Waals surface area contributed by atoms with Gasteiger partial charge >= 0.3 is 0 Å². The molecule has 2 aliphatic carbocycles. The first kappa shape index (κ1) is 17.7. The fourth-order valence-electron chi connectivity index (χ4n) is 5.10. The second-order valence-electron chi connectivity index (χ2n) is 8.53. The van der Waals surface area contributed by atoms with Gasteiger partial charge in [0.05, 0.1) is 5.92 Å². The van der Waals surface area contributed by atoms with Crippen molar-refractivity contribution in [3.63, 3.8) is 0 Å². The number of amides is 2. The van der Waals surface area contributed by atoms with Crippen molar-refractivity contribution in [2.75, 3.05) is 33.7 Å². The van der Waals surface area contributed by atoms with Crippen molar-refractivity contribution in [1.29, 1.82) is 0 Å². The van der Waals surface area contributed by atoms with Crippen LogP contribution in [0.15, 0.2) is 0 Å². The van der Waals surface area contributed by atoms with Gasteiger partial charge in [-0.3, -0.25) is 9.59 Å². The first-order valence-electron chi connectivity index (χ1n) is 9.67. The van der Waals surface area contributed by atoms with Crippen LogP contribution in [0.5, 0.6) is 0 Å². The molecule has 0 radical (unpaired) electrons. The lowest BCUT2D eigenvalue weighted by atomic mass is 9.84. The second-order valence-corrected chi connectivity index (χ2v) is 8.53. The summed E-state index contributed by atoms with van der Waals surface area (Å²) in [5.74, 6) is 2.45. The highest BCUT2D eigenvalue weighted by Crippen LogP contribution is 2.49. The van der Waals surface area contributed by atoms with Crippen LogP contribution >= 0.6 is 0 Å². The number of nitrogens with zero attached hydrogens (tertiary/aromatic N) is 2. The average molecular weight is 335 g/mol. The molecule has 1 saturated heterocycles. The third kappa shape index (κ3) is 3.93. The van der Waals surface area contributed by atoms with E-state index in [1.165, 1.54) is 25.7 Å². The van der Waals surface area contributed by atoms with Crippen LogP contribution in [0.4, 0.5) is 0 Å². The maximum Gasteiger partial charge on any atom is 0.225 e. The molecule has 2 bridgehead atoms. The molecule has 1 N–H and O–H groups in total. The number of likely N-dealkylation sites (tertiary alicyclic amines) is 1. The minimum atomic E-state index is -0.155. The molecular weight excluding hydrogens is 302 g/mol. The van der Waals surface area contributed by atoms with Gasteiger partial charge in [0, 0.05) is 25.6 Å².